The Labute approximate surface area is 99.1 Å². The number of carboxylic acid groups (broad SMARTS) is 1. The summed E-state index contributed by atoms with van der Waals surface area (Å²) in [6.07, 6.45) is 0.681. The fourth-order valence-corrected chi connectivity index (χ4v) is 2.14. The second-order valence-electron chi connectivity index (χ2n) is 4.28. The molecule has 90 valence electrons. The van der Waals surface area contributed by atoms with Gasteiger partial charge in [-0.3, -0.25) is 4.79 Å². The molecule has 0 fully saturated rings. The van der Waals surface area contributed by atoms with Crippen LogP contribution in [-0.4, -0.2) is 26.1 Å². The van der Waals surface area contributed by atoms with Crippen LogP contribution in [0.15, 0.2) is 6.07 Å². The Morgan fingerprint density at radius 2 is 2.18 bits per heavy atom. The van der Waals surface area contributed by atoms with Crippen molar-refractivity contribution in [2.24, 2.45) is 7.05 Å². The summed E-state index contributed by atoms with van der Waals surface area (Å²) >= 11 is 0. The van der Waals surface area contributed by atoms with E-state index in [0.717, 1.165) is 27.7 Å². The molecular weight excluding hydrogens is 218 g/mol. The molecule has 0 aliphatic heterocycles. The van der Waals surface area contributed by atoms with Crippen LogP contribution in [0.2, 0.25) is 0 Å². The molecule has 1 heterocycles. The number of benzene rings is 1. The molecule has 2 aromatic rings. The van der Waals surface area contributed by atoms with Gasteiger partial charge in [-0.1, -0.05) is 11.3 Å². The molecule has 17 heavy (non-hydrogen) atoms. The number of nitrogens with zero attached hydrogens (tertiary/aromatic N) is 3. The third-order valence-electron chi connectivity index (χ3n) is 3.04. The zero-order valence-electron chi connectivity index (χ0n) is 10.2. The molecule has 1 aromatic heterocycles. The molecular formula is C12H15N3O2. The quantitative estimate of drug-likeness (QED) is 0.874. The fourth-order valence-electron chi connectivity index (χ4n) is 2.14. The minimum Gasteiger partial charge on any atom is -0.481 e. The van der Waals surface area contributed by atoms with Crippen LogP contribution in [0.5, 0.6) is 0 Å². The van der Waals surface area contributed by atoms with E-state index in [0.29, 0.717) is 6.42 Å². The van der Waals surface area contributed by atoms with E-state index in [1.54, 1.807) is 4.68 Å². The summed E-state index contributed by atoms with van der Waals surface area (Å²) in [5, 5.41) is 16.9. The van der Waals surface area contributed by atoms with Crippen LogP contribution in [0.1, 0.15) is 23.1 Å². The molecule has 0 bridgehead atoms. The molecule has 0 atom stereocenters. The minimum absolute atomic E-state index is 0.145. The Hall–Kier alpha value is -1.91. The number of aliphatic carboxylic acids is 1. The Morgan fingerprint density at radius 1 is 1.47 bits per heavy atom. The second kappa shape index (κ2) is 4.16. The smallest absolute Gasteiger partial charge is 0.303 e. The number of aryl methyl sites for hydroxylation is 4. The second-order valence-corrected chi connectivity index (χ2v) is 4.28. The van der Waals surface area contributed by atoms with Gasteiger partial charge in [-0.25, -0.2) is 4.68 Å². The van der Waals surface area contributed by atoms with E-state index in [9.17, 15) is 4.79 Å². The lowest BCUT2D eigenvalue weighted by molar-refractivity contribution is -0.136. The average molecular weight is 233 g/mol. The van der Waals surface area contributed by atoms with Gasteiger partial charge < -0.3 is 5.11 Å². The number of rotatable bonds is 3. The highest BCUT2D eigenvalue weighted by molar-refractivity contribution is 5.82. The van der Waals surface area contributed by atoms with Crippen LogP contribution in [0.25, 0.3) is 11.0 Å². The van der Waals surface area contributed by atoms with Crippen LogP contribution in [-0.2, 0) is 18.3 Å². The molecule has 0 unspecified atom stereocenters. The van der Waals surface area contributed by atoms with E-state index >= 15 is 0 Å². The van der Waals surface area contributed by atoms with Crippen LogP contribution >= 0.6 is 0 Å². The largest absolute Gasteiger partial charge is 0.481 e. The molecule has 0 radical (unpaired) electrons. The molecule has 2 rings (SSSR count). The Morgan fingerprint density at radius 3 is 2.82 bits per heavy atom. The van der Waals surface area contributed by atoms with Crippen molar-refractivity contribution in [3.05, 3.63) is 22.8 Å². The molecule has 1 N–H and O–H groups in total. The van der Waals surface area contributed by atoms with E-state index in [2.05, 4.69) is 10.3 Å². The van der Waals surface area contributed by atoms with Crippen molar-refractivity contribution in [2.45, 2.75) is 26.7 Å². The molecule has 0 amide bonds. The molecule has 1 aromatic carbocycles. The lowest BCUT2D eigenvalue weighted by atomic mass is 9.99. The average Bonchev–Trinajstić information content (AvgIpc) is 2.64. The van der Waals surface area contributed by atoms with Crippen LogP contribution in [0.3, 0.4) is 0 Å². The maximum atomic E-state index is 10.6. The first kappa shape index (κ1) is 11.6. The van der Waals surface area contributed by atoms with Gasteiger partial charge in [0.15, 0.2) is 0 Å². The highest BCUT2D eigenvalue weighted by atomic mass is 16.4. The maximum Gasteiger partial charge on any atom is 0.303 e. The highest BCUT2D eigenvalue weighted by Crippen LogP contribution is 2.24. The summed E-state index contributed by atoms with van der Waals surface area (Å²) in [7, 11) is 1.86. The lowest BCUT2D eigenvalue weighted by Crippen LogP contribution is -2.01. The molecule has 0 saturated heterocycles. The van der Waals surface area contributed by atoms with Crippen molar-refractivity contribution in [1.29, 1.82) is 0 Å². The van der Waals surface area contributed by atoms with Crippen molar-refractivity contribution in [2.75, 3.05) is 0 Å². The normalized spacial score (nSPS) is 11.0. The third kappa shape index (κ3) is 2.00. The van der Waals surface area contributed by atoms with E-state index < -0.39 is 5.97 Å². The van der Waals surface area contributed by atoms with Crippen molar-refractivity contribution in [3.63, 3.8) is 0 Å². The van der Waals surface area contributed by atoms with Gasteiger partial charge >= 0.3 is 5.97 Å². The summed E-state index contributed by atoms with van der Waals surface area (Å²) in [6.45, 7) is 3.96. The zero-order chi connectivity index (χ0) is 12.6. The van der Waals surface area contributed by atoms with Gasteiger partial charge in [-0.2, -0.15) is 0 Å². The van der Waals surface area contributed by atoms with Gasteiger partial charge in [-0.15, -0.1) is 5.10 Å². The highest BCUT2D eigenvalue weighted by Gasteiger charge is 2.12. The molecule has 5 nitrogen and oxygen atoms in total. The van der Waals surface area contributed by atoms with Crippen molar-refractivity contribution >= 4 is 17.0 Å². The van der Waals surface area contributed by atoms with Gasteiger partial charge in [0.25, 0.3) is 0 Å². The van der Waals surface area contributed by atoms with E-state index in [-0.39, 0.29) is 6.42 Å². The van der Waals surface area contributed by atoms with Crippen LogP contribution in [0, 0.1) is 13.8 Å². The van der Waals surface area contributed by atoms with Gasteiger partial charge in [0.1, 0.15) is 5.52 Å². The van der Waals surface area contributed by atoms with Crippen molar-refractivity contribution in [1.82, 2.24) is 15.0 Å². The number of aromatic nitrogens is 3. The van der Waals surface area contributed by atoms with Gasteiger partial charge in [-0.05, 0) is 37.0 Å². The summed E-state index contributed by atoms with van der Waals surface area (Å²) in [5.74, 6) is -0.777. The lowest BCUT2D eigenvalue weighted by Gasteiger charge is -2.07. The van der Waals surface area contributed by atoms with Crippen LogP contribution in [0.4, 0.5) is 0 Å². The molecule has 0 aliphatic rings. The minimum atomic E-state index is -0.777. The fraction of sp³-hybridized carbons (Fsp3) is 0.417. The predicted octanol–water partition coefficient (Wildman–Crippen LogP) is 1.60. The van der Waals surface area contributed by atoms with Crippen molar-refractivity contribution < 1.29 is 9.90 Å². The maximum absolute atomic E-state index is 10.6. The number of hydrogen-bond acceptors (Lipinski definition) is 3. The molecule has 0 saturated carbocycles. The SMILES string of the molecule is Cc1c(CCC(=O)O)cc(C)c2c1nnn2C. The first-order valence-electron chi connectivity index (χ1n) is 5.51. The standard InChI is InChI=1S/C12H15N3O2/c1-7-6-9(4-5-10(16)17)8(2)11-12(7)15(3)14-13-11/h6H,4-5H2,1-3H3,(H,16,17). The van der Waals surface area contributed by atoms with Crippen LogP contribution < -0.4 is 0 Å². The molecule has 0 aliphatic carbocycles. The van der Waals surface area contributed by atoms with E-state index in [1.807, 2.05) is 27.0 Å². The Bertz CT molecular complexity index is 587. The first-order valence-corrected chi connectivity index (χ1v) is 5.51. The third-order valence-corrected chi connectivity index (χ3v) is 3.04. The topological polar surface area (TPSA) is 68.0 Å². The number of carboxylic acids is 1. The van der Waals surface area contributed by atoms with Gasteiger partial charge in [0, 0.05) is 13.5 Å². The number of hydrogen-bond donors (Lipinski definition) is 1. The summed E-state index contributed by atoms with van der Waals surface area (Å²) in [5.41, 5.74) is 5.03. The Balaban J connectivity index is 2.51. The Kier molecular flexibility index (Phi) is 2.83. The monoisotopic (exact) mass is 233 g/mol. The first-order chi connectivity index (χ1) is 8.00. The summed E-state index contributed by atoms with van der Waals surface area (Å²) < 4.78 is 1.75. The van der Waals surface area contributed by atoms with Gasteiger partial charge in [0.05, 0.1) is 5.52 Å². The van der Waals surface area contributed by atoms with Gasteiger partial charge in [0.2, 0.25) is 0 Å². The zero-order valence-corrected chi connectivity index (χ0v) is 10.2. The number of carbonyl (C=O) groups is 1. The number of fused-ring (bicyclic) bond motifs is 1. The van der Waals surface area contributed by atoms with E-state index in [1.165, 1.54) is 0 Å². The van der Waals surface area contributed by atoms with E-state index in [4.69, 9.17) is 5.11 Å². The van der Waals surface area contributed by atoms with Crippen molar-refractivity contribution in [3.8, 4) is 0 Å². The summed E-state index contributed by atoms with van der Waals surface area (Å²) in [6, 6.07) is 2.03. The molecule has 0 spiro atoms. The molecule has 5 heteroatoms. The summed E-state index contributed by atoms with van der Waals surface area (Å²) in [4.78, 5) is 10.6. The predicted molar refractivity (Wildman–Crippen MR) is 63.9 cm³/mol.